The van der Waals surface area contributed by atoms with Gasteiger partial charge in [-0.3, -0.25) is 14.3 Å². The van der Waals surface area contributed by atoms with Crippen LogP contribution in [-0.4, -0.2) is 33.0 Å². The Balaban J connectivity index is 1.42. The Hall–Kier alpha value is -3.69. The standard InChI is InChI=1S/C22H18F4N4O2/c23-17-4-2-1-3-15(17)12-27-20(31)18-11-19-21(32)29(9-10-30(19)28-18)13-14-5-7-16(8-6-14)22(24,25)26/h1-8,11H,9-10,12-13H2,(H,27,31). The van der Waals surface area contributed by atoms with Crippen molar-refractivity contribution in [3.8, 4) is 0 Å². The predicted molar refractivity (Wildman–Crippen MR) is 106 cm³/mol. The van der Waals surface area contributed by atoms with Gasteiger partial charge in [-0.25, -0.2) is 4.39 Å². The number of carbonyl (C=O) groups is 2. The van der Waals surface area contributed by atoms with Crippen molar-refractivity contribution in [1.29, 1.82) is 0 Å². The Bertz CT molecular complexity index is 1160. The molecule has 1 N–H and O–H groups in total. The predicted octanol–water partition coefficient (Wildman–Crippen LogP) is 3.63. The van der Waals surface area contributed by atoms with Crippen LogP contribution >= 0.6 is 0 Å². The summed E-state index contributed by atoms with van der Waals surface area (Å²) in [6.07, 6.45) is -4.42. The molecule has 2 aromatic carbocycles. The molecule has 0 unspecified atom stereocenters. The smallest absolute Gasteiger partial charge is 0.346 e. The van der Waals surface area contributed by atoms with Crippen LogP contribution in [0.3, 0.4) is 0 Å². The lowest BCUT2D eigenvalue weighted by molar-refractivity contribution is -0.137. The van der Waals surface area contributed by atoms with E-state index in [-0.39, 0.29) is 30.4 Å². The average molecular weight is 446 g/mol. The summed E-state index contributed by atoms with van der Waals surface area (Å²) in [6.45, 7) is 0.742. The fourth-order valence-corrected chi connectivity index (χ4v) is 3.43. The molecule has 3 aromatic rings. The summed E-state index contributed by atoms with van der Waals surface area (Å²) in [5.41, 5.74) is 0.362. The minimum Gasteiger partial charge on any atom is -0.346 e. The minimum atomic E-state index is -4.42. The van der Waals surface area contributed by atoms with Crippen molar-refractivity contribution in [2.75, 3.05) is 6.54 Å². The second kappa shape index (κ2) is 8.45. The lowest BCUT2D eigenvalue weighted by Gasteiger charge is -2.27. The quantitative estimate of drug-likeness (QED) is 0.609. The number of aromatic nitrogens is 2. The molecular weight excluding hydrogens is 428 g/mol. The Morgan fingerprint density at radius 2 is 1.78 bits per heavy atom. The highest BCUT2D eigenvalue weighted by Gasteiger charge is 2.31. The van der Waals surface area contributed by atoms with E-state index < -0.39 is 23.5 Å². The van der Waals surface area contributed by atoms with Gasteiger partial charge in [0.25, 0.3) is 11.8 Å². The first-order valence-corrected chi connectivity index (χ1v) is 9.77. The molecule has 2 heterocycles. The third-order valence-electron chi connectivity index (χ3n) is 5.15. The van der Waals surface area contributed by atoms with E-state index in [0.29, 0.717) is 24.2 Å². The first-order chi connectivity index (χ1) is 15.2. The number of alkyl halides is 3. The zero-order valence-electron chi connectivity index (χ0n) is 16.7. The van der Waals surface area contributed by atoms with E-state index in [4.69, 9.17) is 0 Å². The summed E-state index contributed by atoms with van der Waals surface area (Å²) in [5, 5.41) is 6.73. The summed E-state index contributed by atoms with van der Waals surface area (Å²) in [6, 6.07) is 12.0. The molecule has 0 aliphatic carbocycles. The van der Waals surface area contributed by atoms with E-state index in [0.717, 1.165) is 12.1 Å². The van der Waals surface area contributed by atoms with Crippen LogP contribution in [0, 0.1) is 5.82 Å². The van der Waals surface area contributed by atoms with Gasteiger partial charge in [0.2, 0.25) is 0 Å². The molecule has 0 atom stereocenters. The zero-order chi connectivity index (χ0) is 22.9. The minimum absolute atomic E-state index is 0.0261. The van der Waals surface area contributed by atoms with Gasteiger partial charge in [-0.15, -0.1) is 0 Å². The van der Waals surface area contributed by atoms with Crippen molar-refractivity contribution >= 4 is 11.8 Å². The normalized spacial score (nSPS) is 13.8. The van der Waals surface area contributed by atoms with E-state index >= 15 is 0 Å². The van der Waals surface area contributed by atoms with Gasteiger partial charge in [0.05, 0.1) is 12.1 Å². The number of carbonyl (C=O) groups excluding carboxylic acids is 2. The third kappa shape index (κ3) is 4.48. The van der Waals surface area contributed by atoms with E-state index in [1.54, 1.807) is 18.2 Å². The second-order valence-electron chi connectivity index (χ2n) is 7.33. The molecule has 6 nitrogen and oxygen atoms in total. The molecule has 10 heteroatoms. The number of nitrogens with zero attached hydrogens (tertiary/aromatic N) is 3. The number of hydrogen-bond donors (Lipinski definition) is 1. The largest absolute Gasteiger partial charge is 0.416 e. The molecule has 0 fully saturated rings. The van der Waals surface area contributed by atoms with Gasteiger partial charge < -0.3 is 10.2 Å². The maximum atomic E-state index is 13.7. The van der Waals surface area contributed by atoms with Crippen molar-refractivity contribution in [2.24, 2.45) is 0 Å². The number of rotatable bonds is 5. The summed E-state index contributed by atoms with van der Waals surface area (Å²) < 4.78 is 53.3. The summed E-state index contributed by atoms with van der Waals surface area (Å²) in [7, 11) is 0. The van der Waals surface area contributed by atoms with E-state index in [9.17, 15) is 27.2 Å². The van der Waals surface area contributed by atoms with Crippen LogP contribution in [-0.2, 0) is 25.8 Å². The molecule has 1 aliphatic rings. The van der Waals surface area contributed by atoms with E-state index in [2.05, 4.69) is 10.4 Å². The van der Waals surface area contributed by atoms with Crippen LogP contribution in [0.5, 0.6) is 0 Å². The van der Waals surface area contributed by atoms with Gasteiger partial charge in [0.1, 0.15) is 11.5 Å². The molecular formula is C22H18F4N4O2. The fraction of sp³-hybridized carbons (Fsp3) is 0.227. The monoisotopic (exact) mass is 446 g/mol. The molecule has 166 valence electrons. The fourth-order valence-electron chi connectivity index (χ4n) is 3.43. The second-order valence-corrected chi connectivity index (χ2v) is 7.33. The maximum absolute atomic E-state index is 13.7. The summed E-state index contributed by atoms with van der Waals surface area (Å²) >= 11 is 0. The highest BCUT2D eigenvalue weighted by molar-refractivity contribution is 5.98. The molecule has 0 radical (unpaired) electrons. The average Bonchev–Trinajstić information content (AvgIpc) is 3.20. The molecule has 0 spiro atoms. The first kappa shape index (κ1) is 21.5. The van der Waals surface area contributed by atoms with Crippen molar-refractivity contribution in [2.45, 2.75) is 25.8 Å². The first-order valence-electron chi connectivity index (χ1n) is 9.77. The number of nitrogens with one attached hydrogen (secondary N) is 1. The Morgan fingerprint density at radius 3 is 2.47 bits per heavy atom. The van der Waals surface area contributed by atoms with Crippen molar-refractivity contribution in [3.05, 3.63) is 88.5 Å². The lowest BCUT2D eigenvalue weighted by atomic mass is 10.1. The maximum Gasteiger partial charge on any atom is 0.416 e. The lowest BCUT2D eigenvalue weighted by Crippen LogP contribution is -2.39. The highest BCUT2D eigenvalue weighted by Crippen LogP contribution is 2.29. The van der Waals surface area contributed by atoms with E-state index in [1.807, 2.05) is 0 Å². The number of hydrogen-bond acceptors (Lipinski definition) is 3. The molecule has 32 heavy (non-hydrogen) atoms. The molecule has 0 saturated heterocycles. The SMILES string of the molecule is O=C(NCc1ccccc1F)c1cc2n(n1)CCN(Cc1ccc(C(F)(F)F)cc1)C2=O. The van der Waals surface area contributed by atoms with Crippen LogP contribution in [0.25, 0.3) is 0 Å². The molecule has 1 aromatic heterocycles. The Morgan fingerprint density at radius 1 is 1.06 bits per heavy atom. The molecule has 0 saturated carbocycles. The van der Waals surface area contributed by atoms with Gasteiger partial charge in [0.15, 0.2) is 5.69 Å². The summed E-state index contributed by atoms with van der Waals surface area (Å²) in [4.78, 5) is 26.7. The Labute approximate surface area is 180 Å². The third-order valence-corrected chi connectivity index (χ3v) is 5.15. The Kier molecular flexibility index (Phi) is 5.68. The molecule has 1 aliphatic heterocycles. The molecule has 4 rings (SSSR count). The van der Waals surface area contributed by atoms with Crippen molar-refractivity contribution in [3.63, 3.8) is 0 Å². The van der Waals surface area contributed by atoms with Gasteiger partial charge in [-0.05, 0) is 23.8 Å². The van der Waals surface area contributed by atoms with Crippen LogP contribution < -0.4 is 5.32 Å². The summed E-state index contributed by atoms with van der Waals surface area (Å²) in [5.74, 6) is -1.36. The highest BCUT2D eigenvalue weighted by atomic mass is 19.4. The zero-order valence-corrected chi connectivity index (χ0v) is 16.7. The number of benzene rings is 2. The number of amides is 2. The van der Waals surface area contributed by atoms with Crippen LogP contribution in [0.2, 0.25) is 0 Å². The van der Waals surface area contributed by atoms with Crippen LogP contribution in [0.4, 0.5) is 17.6 Å². The van der Waals surface area contributed by atoms with Crippen LogP contribution in [0.1, 0.15) is 37.7 Å². The molecule has 2 amide bonds. The number of fused-ring (bicyclic) bond motifs is 1. The van der Waals surface area contributed by atoms with Gasteiger partial charge in [-0.2, -0.15) is 18.3 Å². The number of halogens is 4. The van der Waals surface area contributed by atoms with Gasteiger partial charge >= 0.3 is 6.18 Å². The van der Waals surface area contributed by atoms with Gasteiger partial charge in [-0.1, -0.05) is 30.3 Å². The molecule has 0 bridgehead atoms. The van der Waals surface area contributed by atoms with Crippen molar-refractivity contribution in [1.82, 2.24) is 20.0 Å². The van der Waals surface area contributed by atoms with Crippen molar-refractivity contribution < 1.29 is 27.2 Å². The van der Waals surface area contributed by atoms with Gasteiger partial charge in [0, 0.05) is 31.3 Å². The van der Waals surface area contributed by atoms with E-state index in [1.165, 1.54) is 33.8 Å². The van der Waals surface area contributed by atoms with Crippen LogP contribution in [0.15, 0.2) is 54.6 Å². The topological polar surface area (TPSA) is 67.2 Å².